The highest BCUT2D eigenvalue weighted by atomic mass is 35.5. The van der Waals surface area contributed by atoms with E-state index in [2.05, 4.69) is 12.2 Å². The van der Waals surface area contributed by atoms with Gasteiger partial charge in [0.2, 0.25) is 0 Å². The highest BCUT2D eigenvalue weighted by molar-refractivity contribution is 6.30. The van der Waals surface area contributed by atoms with Crippen molar-refractivity contribution >= 4 is 23.2 Å². The van der Waals surface area contributed by atoms with Gasteiger partial charge in [0.1, 0.15) is 0 Å². The summed E-state index contributed by atoms with van der Waals surface area (Å²) in [5.41, 5.74) is 2.40. The third-order valence-corrected chi connectivity index (χ3v) is 3.32. The standard InChI is InChI=1S/C15H15Cl2N/c1-2-18-15(11-3-7-13(16)8-4-11)12-5-9-14(17)10-6-12/h3-10,15,18H,2H2,1H3. The second-order valence-electron chi connectivity index (χ2n) is 4.09. The fourth-order valence-corrected chi connectivity index (χ4v) is 2.19. The van der Waals surface area contributed by atoms with Gasteiger partial charge >= 0.3 is 0 Å². The Morgan fingerprint density at radius 3 is 1.56 bits per heavy atom. The molecule has 18 heavy (non-hydrogen) atoms. The average molecular weight is 280 g/mol. The zero-order chi connectivity index (χ0) is 13.0. The maximum absolute atomic E-state index is 5.92. The smallest absolute Gasteiger partial charge is 0.0576 e. The van der Waals surface area contributed by atoms with Crippen LogP contribution >= 0.6 is 23.2 Å². The third-order valence-electron chi connectivity index (χ3n) is 2.81. The van der Waals surface area contributed by atoms with Crippen LogP contribution in [0.3, 0.4) is 0 Å². The van der Waals surface area contributed by atoms with Crippen LogP contribution in [0, 0.1) is 0 Å². The van der Waals surface area contributed by atoms with Crippen LogP contribution < -0.4 is 5.32 Å². The summed E-state index contributed by atoms with van der Waals surface area (Å²) in [5.74, 6) is 0. The molecule has 1 N–H and O–H groups in total. The van der Waals surface area contributed by atoms with Crippen molar-refractivity contribution in [3.63, 3.8) is 0 Å². The van der Waals surface area contributed by atoms with Crippen molar-refractivity contribution in [3.05, 3.63) is 69.7 Å². The van der Waals surface area contributed by atoms with Crippen molar-refractivity contribution in [1.29, 1.82) is 0 Å². The molecule has 2 aromatic rings. The topological polar surface area (TPSA) is 12.0 Å². The van der Waals surface area contributed by atoms with E-state index < -0.39 is 0 Å². The molecule has 0 atom stereocenters. The molecule has 0 aliphatic heterocycles. The molecule has 1 nitrogen and oxygen atoms in total. The first-order valence-corrected chi connectivity index (χ1v) is 6.70. The van der Waals surface area contributed by atoms with E-state index in [9.17, 15) is 0 Å². The Bertz CT molecular complexity index is 445. The largest absolute Gasteiger partial charge is 0.307 e. The molecule has 0 fully saturated rings. The molecular formula is C15H15Cl2N. The van der Waals surface area contributed by atoms with Gasteiger partial charge in [-0.1, -0.05) is 54.4 Å². The molecule has 0 spiro atoms. The van der Waals surface area contributed by atoms with E-state index in [0.29, 0.717) is 0 Å². The first kappa shape index (κ1) is 13.4. The molecule has 2 aromatic carbocycles. The van der Waals surface area contributed by atoms with E-state index in [1.54, 1.807) is 0 Å². The SMILES string of the molecule is CCNC(c1ccc(Cl)cc1)c1ccc(Cl)cc1. The summed E-state index contributed by atoms with van der Waals surface area (Å²) in [4.78, 5) is 0. The summed E-state index contributed by atoms with van der Waals surface area (Å²) in [6.07, 6.45) is 0. The molecule has 0 saturated heterocycles. The van der Waals surface area contributed by atoms with Gasteiger partial charge in [-0.3, -0.25) is 0 Å². The van der Waals surface area contributed by atoms with Crippen LogP contribution in [0.15, 0.2) is 48.5 Å². The summed E-state index contributed by atoms with van der Waals surface area (Å²) >= 11 is 11.8. The average Bonchev–Trinajstić information content (AvgIpc) is 2.39. The molecule has 0 unspecified atom stereocenters. The minimum Gasteiger partial charge on any atom is -0.307 e. The number of hydrogen-bond donors (Lipinski definition) is 1. The molecule has 2 rings (SSSR count). The van der Waals surface area contributed by atoms with Crippen molar-refractivity contribution in [3.8, 4) is 0 Å². The van der Waals surface area contributed by atoms with Crippen LogP contribution in [0.5, 0.6) is 0 Å². The summed E-state index contributed by atoms with van der Waals surface area (Å²) < 4.78 is 0. The molecular weight excluding hydrogens is 265 g/mol. The van der Waals surface area contributed by atoms with Crippen molar-refractivity contribution in [1.82, 2.24) is 5.32 Å². The van der Waals surface area contributed by atoms with Gasteiger partial charge in [0.25, 0.3) is 0 Å². The zero-order valence-electron chi connectivity index (χ0n) is 10.2. The summed E-state index contributed by atoms with van der Waals surface area (Å²) in [5, 5.41) is 4.98. The number of rotatable bonds is 4. The van der Waals surface area contributed by atoms with Gasteiger partial charge < -0.3 is 5.32 Å². The van der Waals surface area contributed by atoms with Crippen molar-refractivity contribution in [2.24, 2.45) is 0 Å². The van der Waals surface area contributed by atoms with Gasteiger partial charge in [0.05, 0.1) is 6.04 Å². The van der Waals surface area contributed by atoms with Gasteiger partial charge in [0.15, 0.2) is 0 Å². The number of halogens is 2. The minimum absolute atomic E-state index is 0.171. The van der Waals surface area contributed by atoms with Crippen LogP contribution in [0.25, 0.3) is 0 Å². The second kappa shape index (κ2) is 6.24. The van der Waals surface area contributed by atoms with E-state index >= 15 is 0 Å². The lowest BCUT2D eigenvalue weighted by molar-refractivity contribution is 0.631. The Morgan fingerprint density at radius 1 is 0.833 bits per heavy atom. The second-order valence-corrected chi connectivity index (χ2v) is 4.97. The van der Waals surface area contributed by atoms with E-state index in [0.717, 1.165) is 16.6 Å². The third kappa shape index (κ3) is 3.26. The summed E-state index contributed by atoms with van der Waals surface area (Å²) in [6.45, 7) is 2.99. The van der Waals surface area contributed by atoms with Crippen LogP contribution in [-0.4, -0.2) is 6.54 Å². The molecule has 0 saturated carbocycles. The zero-order valence-corrected chi connectivity index (χ0v) is 11.7. The van der Waals surface area contributed by atoms with E-state index in [1.807, 2.05) is 48.5 Å². The predicted molar refractivity (Wildman–Crippen MR) is 78.4 cm³/mol. The molecule has 0 aliphatic rings. The normalized spacial score (nSPS) is 10.9. The quantitative estimate of drug-likeness (QED) is 0.856. The number of benzene rings is 2. The Labute approximate surface area is 118 Å². The van der Waals surface area contributed by atoms with Crippen LogP contribution in [0.2, 0.25) is 10.0 Å². The lowest BCUT2D eigenvalue weighted by atomic mass is 9.99. The highest BCUT2D eigenvalue weighted by Gasteiger charge is 2.12. The van der Waals surface area contributed by atoms with Crippen LogP contribution in [0.1, 0.15) is 24.1 Å². The van der Waals surface area contributed by atoms with Gasteiger partial charge in [-0.2, -0.15) is 0 Å². The molecule has 0 aromatic heterocycles. The van der Waals surface area contributed by atoms with Gasteiger partial charge in [0, 0.05) is 10.0 Å². The first-order valence-electron chi connectivity index (χ1n) is 5.95. The highest BCUT2D eigenvalue weighted by Crippen LogP contribution is 2.24. The maximum Gasteiger partial charge on any atom is 0.0576 e. The van der Waals surface area contributed by atoms with Crippen LogP contribution in [-0.2, 0) is 0 Å². The fraction of sp³-hybridized carbons (Fsp3) is 0.200. The predicted octanol–water partition coefficient (Wildman–Crippen LogP) is 4.69. The minimum atomic E-state index is 0.171. The van der Waals surface area contributed by atoms with Crippen molar-refractivity contribution in [2.45, 2.75) is 13.0 Å². The lowest BCUT2D eigenvalue weighted by Crippen LogP contribution is -2.21. The Hall–Kier alpha value is -1.02. The Morgan fingerprint density at radius 2 is 1.22 bits per heavy atom. The van der Waals surface area contributed by atoms with Crippen LogP contribution in [0.4, 0.5) is 0 Å². The molecule has 0 bridgehead atoms. The molecule has 0 heterocycles. The summed E-state index contributed by atoms with van der Waals surface area (Å²) in [6, 6.07) is 16.0. The van der Waals surface area contributed by atoms with Gasteiger partial charge in [-0.05, 0) is 41.9 Å². The van der Waals surface area contributed by atoms with E-state index in [-0.39, 0.29) is 6.04 Å². The number of hydrogen-bond acceptors (Lipinski definition) is 1. The van der Waals surface area contributed by atoms with Gasteiger partial charge in [-0.25, -0.2) is 0 Å². The monoisotopic (exact) mass is 279 g/mol. The number of nitrogens with one attached hydrogen (secondary N) is 1. The Balaban J connectivity index is 2.33. The van der Waals surface area contributed by atoms with Crippen molar-refractivity contribution < 1.29 is 0 Å². The van der Waals surface area contributed by atoms with E-state index in [4.69, 9.17) is 23.2 Å². The van der Waals surface area contributed by atoms with Crippen molar-refractivity contribution in [2.75, 3.05) is 6.54 Å². The fourth-order valence-electron chi connectivity index (χ4n) is 1.94. The molecule has 0 amide bonds. The molecule has 0 radical (unpaired) electrons. The Kier molecular flexibility index (Phi) is 4.65. The molecule has 3 heteroatoms. The van der Waals surface area contributed by atoms with Gasteiger partial charge in [-0.15, -0.1) is 0 Å². The first-order chi connectivity index (χ1) is 8.70. The van der Waals surface area contributed by atoms with E-state index in [1.165, 1.54) is 11.1 Å². The lowest BCUT2D eigenvalue weighted by Gasteiger charge is -2.19. The summed E-state index contributed by atoms with van der Waals surface area (Å²) in [7, 11) is 0. The molecule has 94 valence electrons. The maximum atomic E-state index is 5.92. The molecule has 0 aliphatic carbocycles.